The first-order chi connectivity index (χ1) is 20.3. The molecule has 0 unspecified atom stereocenters. The highest BCUT2D eigenvalue weighted by molar-refractivity contribution is 6.34. The van der Waals surface area contributed by atoms with Crippen LogP contribution in [0.25, 0.3) is 11.5 Å². The lowest BCUT2D eigenvalue weighted by atomic mass is 10.1. The number of carbonyl (C=O) groups is 3. The molecular formula is C30H27ClN4O7. The van der Waals surface area contributed by atoms with Crippen molar-refractivity contribution in [2.45, 2.75) is 25.9 Å². The maximum absolute atomic E-state index is 13.7. The van der Waals surface area contributed by atoms with Crippen LogP contribution in [0, 0.1) is 0 Å². The molecule has 11 nitrogen and oxygen atoms in total. The van der Waals surface area contributed by atoms with E-state index >= 15 is 0 Å². The number of nitrogens with zero attached hydrogens (tertiary/aromatic N) is 4. The maximum Gasteiger partial charge on any atom is 0.303 e. The van der Waals surface area contributed by atoms with Crippen LogP contribution in [0.15, 0.2) is 71.1 Å². The van der Waals surface area contributed by atoms with Gasteiger partial charge in [0.25, 0.3) is 11.8 Å². The molecule has 42 heavy (non-hydrogen) atoms. The summed E-state index contributed by atoms with van der Waals surface area (Å²) in [4.78, 5) is 40.9. The molecule has 1 aromatic heterocycles. The zero-order valence-corrected chi connectivity index (χ0v) is 23.4. The minimum atomic E-state index is -0.905. The third-order valence-corrected chi connectivity index (χ3v) is 6.95. The molecule has 0 radical (unpaired) electrons. The number of aliphatic carboxylic acids is 1. The average molecular weight is 591 g/mol. The molecular weight excluding hydrogens is 564 g/mol. The monoisotopic (exact) mass is 590 g/mol. The molecule has 2 heterocycles. The van der Waals surface area contributed by atoms with Crippen molar-refractivity contribution >= 4 is 35.1 Å². The van der Waals surface area contributed by atoms with Gasteiger partial charge in [-0.2, -0.15) is 0 Å². The van der Waals surface area contributed by atoms with Crippen molar-refractivity contribution in [1.82, 2.24) is 15.1 Å². The number of anilines is 1. The Balaban J connectivity index is 1.34. The Labute approximate surface area is 246 Å². The van der Waals surface area contributed by atoms with Gasteiger partial charge in [-0.15, -0.1) is 10.2 Å². The number of para-hydroxylation sites is 2. The zero-order valence-electron chi connectivity index (χ0n) is 22.7. The van der Waals surface area contributed by atoms with Crippen LogP contribution in [0.2, 0.25) is 5.02 Å². The second-order valence-electron chi connectivity index (χ2n) is 9.46. The molecule has 216 valence electrons. The maximum atomic E-state index is 13.7. The molecule has 4 aromatic rings. The molecule has 0 bridgehead atoms. The van der Waals surface area contributed by atoms with Gasteiger partial charge < -0.3 is 23.9 Å². The first-order valence-corrected chi connectivity index (χ1v) is 13.5. The standard InChI is InChI=1S/C30H27ClN4O7/c1-40-25-10-5-3-8-22(25)29-33-32-26(42-29)17-34-16-19-7-2-4-9-24(19)35(18-27(34)36)30(39)21-13-12-20(15-23(21)31)41-14-6-11-28(37)38/h2-5,7-10,12-13,15H,6,11,14,16-18H2,1H3,(H,37,38). The van der Waals surface area contributed by atoms with Crippen LogP contribution in [0.3, 0.4) is 0 Å². The summed E-state index contributed by atoms with van der Waals surface area (Å²) < 4.78 is 16.8. The molecule has 0 saturated carbocycles. The quantitative estimate of drug-likeness (QED) is 0.258. The Morgan fingerprint density at radius 3 is 2.62 bits per heavy atom. The fraction of sp³-hybridized carbons (Fsp3) is 0.233. The number of fused-ring (bicyclic) bond motifs is 1. The van der Waals surface area contributed by atoms with Gasteiger partial charge in [0, 0.05) is 18.7 Å². The van der Waals surface area contributed by atoms with Crippen molar-refractivity contribution in [2.24, 2.45) is 0 Å². The normalized spacial score (nSPS) is 13.0. The summed E-state index contributed by atoms with van der Waals surface area (Å²) >= 11 is 6.47. The van der Waals surface area contributed by atoms with E-state index in [0.717, 1.165) is 5.56 Å². The Hall–Kier alpha value is -4.90. The SMILES string of the molecule is COc1ccccc1-c1nnc(CN2Cc3ccccc3N(C(=O)c3ccc(OCCCC(=O)O)cc3Cl)CC2=O)o1. The molecule has 12 heteroatoms. The fourth-order valence-corrected chi connectivity index (χ4v) is 4.83. The van der Waals surface area contributed by atoms with Gasteiger partial charge in [-0.25, -0.2) is 0 Å². The van der Waals surface area contributed by atoms with Gasteiger partial charge in [-0.3, -0.25) is 19.3 Å². The van der Waals surface area contributed by atoms with E-state index in [1.54, 1.807) is 42.3 Å². The molecule has 5 rings (SSSR count). The molecule has 2 amide bonds. The molecule has 3 aromatic carbocycles. The lowest BCUT2D eigenvalue weighted by Crippen LogP contribution is -2.40. The molecule has 0 fully saturated rings. The molecule has 0 spiro atoms. The first-order valence-electron chi connectivity index (χ1n) is 13.1. The minimum absolute atomic E-state index is 0.0147. The third kappa shape index (κ3) is 6.36. The minimum Gasteiger partial charge on any atom is -0.496 e. The smallest absolute Gasteiger partial charge is 0.303 e. The van der Waals surface area contributed by atoms with Crippen LogP contribution < -0.4 is 14.4 Å². The van der Waals surface area contributed by atoms with E-state index < -0.39 is 11.9 Å². The summed E-state index contributed by atoms with van der Waals surface area (Å²) in [5.74, 6) is -0.166. The number of rotatable bonds is 10. The van der Waals surface area contributed by atoms with Crippen LogP contribution in [-0.4, -0.2) is 58.2 Å². The molecule has 1 N–H and O–H groups in total. The number of hydrogen-bond acceptors (Lipinski definition) is 8. The van der Waals surface area contributed by atoms with Gasteiger partial charge in [0.05, 0.1) is 36.4 Å². The van der Waals surface area contributed by atoms with E-state index in [-0.39, 0.29) is 60.9 Å². The van der Waals surface area contributed by atoms with Gasteiger partial charge in [-0.1, -0.05) is 41.9 Å². The van der Waals surface area contributed by atoms with Crippen LogP contribution in [0.1, 0.15) is 34.7 Å². The van der Waals surface area contributed by atoms with Crippen molar-refractivity contribution in [1.29, 1.82) is 0 Å². The summed E-state index contributed by atoms with van der Waals surface area (Å²) in [5, 5.41) is 17.2. The summed E-state index contributed by atoms with van der Waals surface area (Å²) in [6.45, 7) is 0.237. The highest BCUT2D eigenvalue weighted by Crippen LogP contribution is 2.32. The zero-order chi connectivity index (χ0) is 29.6. The first kappa shape index (κ1) is 28.6. The predicted octanol–water partition coefficient (Wildman–Crippen LogP) is 4.83. The number of aromatic nitrogens is 2. The third-order valence-electron chi connectivity index (χ3n) is 6.64. The summed E-state index contributed by atoms with van der Waals surface area (Å²) in [7, 11) is 1.55. The summed E-state index contributed by atoms with van der Waals surface area (Å²) in [5.41, 5.74) is 2.18. The van der Waals surface area contributed by atoms with Crippen molar-refractivity contribution in [3.63, 3.8) is 0 Å². The number of amides is 2. The van der Waals surface area contributed by atoms with E-state index in [9.17, 15) is 14.4 Å². The Morgan fingerprint density at radius 2 is 1.83 bits per heavy atom. The number of ether oxygens (including phenoxy) is 2. The number of hydrogen-bond donors (Lipinski definition) is 1. The molecule has 0 aliphatic carbocycles. The van der Waals surface area contributed by atoms with Crippen molar-refractivity contribution < 1.29 is 33.4 Å². The topological polar surface area (TPSA) is 135 Å². The van der Waals surface area contributed by atoms with Crippen molar-refractivity contribution in [2.75, 3.05) is 25.2 Å². The number of carboxylic acids is 1. The second kappa shape index (κ2) is 12.7. The van der Waals surface area contributed by atoms with E-state index in [0.29, 0.717) is 29.2 Å². The van der Waals surface area contributed by atoms with Crippen LogP contribution in [0.4, 0.5) is 5.69 Å². The summed E-state index contributed by atoms with van der Waals surface area (Å²) in [6, 6.07) is 19.1. The van der Waals surface area contributed by atoms with Crippen LogP contribution in [-0.2, 0) is 22.7 Å². The Kier molecular flexibility index (Phi) is 8.68. The van der Waals surface area contributed by atoms with Gasteiger partial charge in [-0.05, 0) is 48.4 Å². The fourth-order valence-electron chi connectivity index (χ4n) is 4.58. The lowest BCUT2D eigenvalue weighted by Gasteiger charge is -2.23. The van der Waals surface area contributed by atoms with Crippen LogP contribution >= 0.6 is 11.6 Å². The lowest BCUT2D eigenvalue weighted by molar-refractivity contribution is -0.137. The molecule has 1 aliphatic rings. The number of halogens is 1. The molecule has 1 aliphatic heterocycles. The molecule has 0 saturated heterocycles. The highest BCUT2D eigenvalue weighted by atomic mass is 35.5. The second-order valence-corrected chi connectivity index (χ2v) is 9.87. The van der Waals surface area contributed by atoms with Gasteiger partial charge in [0.15, 0.2) is 0 Å². The number of carbonyl (C=O) groups excluding carboxylic acids is 2. The van der Waals surface area contributed by atoms with Gasteiger partial charge >= 0.3 is 5.97 Å². The van der Waals surface area contributed by atoms with Gasteiger partial charge in [0.2, 0.25) is 11.8 Å². The van der Waals surface area contributed by atoms with Crippen molar-refractivity contribution in [3.05, 3.63) is 88.8 Å². The van der Waals surface area contributed by atoms with Crippen molar-refractivity contribution in [3.8, 4) is 23.0 Å². The summed E-state index contributed by atoms with van der Waals surface area (Å²) in [6.07, 6.45) is 0.321. The largest absolute Gasteiger partial charge is 0.496 e. The molecule has 0 atom stereocenters. The number of carboxylic acid groups (broad SMARTS) is 1. The predicted molar refractivity (Wildman–Crippen MR) is 152 cm³/mol. The van der Waals surface area contributed by atoms with E-state index in [2.05, 4.69) is 10.2 Å². The van der Waals surface area contributed by atoms with E-state index in [1.165, 1.54) is 17.0 Å². The van der Waals surface area contributed by atoms with Crippen LogP contribution in [0.5, 0.6) is 11.5 Å². The van der Waals surface area contributed by atoms with Gasteiger partial charge in [0.1, 0.15) is 18.0 Å². The Morgan fingerprint density at radius 1 is 1.05 bits per heavy atom. The van der Waals surface area contributed by atoms with E-state index in [1.807, 2.05) is 24.3 Å². The average Bonchev–Trinajstić information content (AvgIpc) is 3.40. The number of benzene rings is 3. The highest BCUT2D eigenvalue weighted by Gasteiger charge is 2.31. The number of methoxy groups -OCH3 is 1. The Bertz CT molecular complexity index is 1620. The van der Waals surface area contributed by atoms with E-state index in [4.69, 9.17) is 30.6 Å².